The molecule has 2 heterocycles. The van der Waals surface area contributed by atoms with Gasteiger partial charge in [-0.15, -0.1) is 0 Å². The smallest absolute Gasteiger partial charge is 0.0769 e. The zero-order chi connectivity index (χ0) is 15.5. The van der Waals surface area contributed by atoms with Gasteiger partial charge in [0.05, 0.1) is 5.66 Å². The van der Waals surface area contributed by atoms with Crippen LogP contribution in [0.4, 0.5) is 0 Å². The van der Waals surface area contributed by atoms with Crippen molar-refractivity contribution in [2.75, 3.05) is 19.6 Å². The molecule has 0 radical (unpaired) electrons. The van der Waals surface area contributed by atoms with E-state index in [1.807, 2.05) is 0 Å². The van der Waals surface area contributed by atoms with Gasteiger partial charge in [-0.2, -0.15) is 0 Å². The summed E-state index contributed by atoms with van der Waals surface area (Å²) >= 11 is 0. The lowest BCUT2D eigenvalue weighted by Gasteiger charge is -2.60. The van der Waals surface area contributed by atoms with E-state index in [1.165, 1.54) is 116 Å². The molecule has 4 aliphatic rings. The Balaban J connectivity index is 1.64. The van der Waals surface area contributed by atoms with E-state index in [4.69, 9.17) is 0 Å². The second-order valence-electron chi connectivity index (χ2n) is 8.85. The quantitative estimate of drug-likeness (QED) is 0.707. The molecule has 0 N–H and O–H groups in total. The second-order valence-corrected chi connectivity index (χ2v) is 8.85. The molecule has 132 valence electrons. The fourth-order valence-electron chi connectivity index (χ4n) is 6.60. The predicted octanol–water partition coefficient (Wildman–Crippen LogP) is 5.18. The Morgan fingerprint density at radius 3 is 1.87 bits per heavy atom. The molecule has 23 heavy (non-hydrogen) atoms. The standard InChI is InChI=1S/C21H38N2/c1-3-11-19(12-4-1)21(22-16-9-10-17-22)15-7-8-18-23(21)20-13-5-2-6-14-20/h19-20H,1-18H2. The van der Waals surface area contributed by atoms with Crippen LogP contribution < -0.4 is 0 Å². The molecule has 4 fully saturated rings. The van der Waals surface area contributed by atoms with Crippen molar-refractivity contribution in [3.63, 3.8) is 0 Å². The highest BCUT2D eigenvalue weighted by Crippen LogP contribution is 2.47. The van der Waals surface area contributed by atoms with Crippen LogP contribution >= 0.6 is 0 Å². The van der Waals surface area contributed by atoms with E-state index in [-0.39, 0.29) is 0 Å². The second kappa shape index (κ2) is 7.44. The van der Waals surface area contributed by atoms with Crippen LogP contribution in [0.25, 0.3) is 0 Å². The summed E-state index contributed by atoms with van der Waals surface area (Å²) in [7, 11) is 0. The first-order valence-corrected chi connectivity index (χ1v) is 10.9. The van der Waals surface area contributed by atoms with E-state index >= 15 is 0 Å². The molecule has 0 bridgehead atoms. The van der Waals surface area contributed by atoms with Crippen molar-refractivity contribution in [3.05, 3.63) is 0 Å². The minimum Gasteiger partial charge on any atom is -0.285 e. The minimum absolute atomic E-state index is 0.469. The molecule has 2 aliphatic carbocycles. The summed E-state index contributed by atoms with van der Waals surface area (Å²) < 4.78 is 0. The number of piperidine rings is 1. The van der Waals surface area contributed by atoms with Gasteiger partial charge in [0.2, 0.25) is 0 Å². The zero-order valence-corrected chi connectivity index (χ0v) is 15.3. The first-order valence-electron chi connectivity index (χ1n) is 10.9. The summed E-state index contributed by atoms with van der Waals surface area (Å²) in [5, 5.41) is 0. The van der Waals surface area contributed by atoms with Crippen molar-refractivity contribution >= 4 is 0 Å². The Bertz CT molecular complexity index is 364. The average Bonchev–Trinajstić information content (AvgIpc) is 3.18. The topological polar surface area (TPSA) is 6.48 Å². The largest absolute Gasteiger partial charge is 0.285 e. The van der Waals surface area contributed by atoms with E-state index in [1.54, 1.807) is 0 Å². The summed E-state index contributed by atoms with van der Waals surface area (Å²) in [6.45, 7) is 4.18. The van der Waals surface area contributed by atoms with E-state index in [2.05, 4.69) is 9.80 Å². The molecule has 4 rings (SSSR count). The zero-order valence-electron chi connectivity index (χ0n) is 15.3. The summed E-state index contributed by atoms with van der Waals surface area (Å²) in [4.78, 5) is 6.10. The van der Waals surface area contributed by atoms with Gasteiger partial charge in [-0.25, -0.2) is 0 Å². The van der Waals surface area contributed by atoms with Gasteiger partial charge in [0, 0.05) is 12.6 Å². The molecule has 0 aromatic heterocycles. The number of hydrogen-bond donors (Lipinski definition) is 0. The maximum atomic E-state index is 3.11. The van der Waals surface area contributed by atoms with Crippen LogP contribution in [0.3, 0.4) is 0 Å². The van der Waals surface area contributed by atoms with Gasteiger partial charge >= 0.3 is 0 Å². The van der Waals surface area contributed by atoms with Crippen molar-refractivity contribution in [2.45, 2.75) is 108 Å². The summed E-state index contributed by atoms with van der Waals surface area (Å²) in [6.07, 6.45) is 22.3. The van der Waals surface area contributed by atoms with E-state index in [9.17, 15) is 0 Å². The fraction of sp³-hybridized carbons (Fsp3) is 1.00. The maximum Gasteiger partial charge on any atom is 0.0769 e. The van der Waals surface area contributed by atoms with Crippen LogP contribution in [0.15, 0.2) is 0 Å². The average molecular weight is 319 g/mol. The van der Waals surface area contributed by atoms with Crippen LogP contribution in [0.2, 0.25) is 0 Å². The number of hydrogen-bond acceptors (Lipinski definition) is 2. The molecule has 0 aromatic carbocycles. The first kappa shape index (κ1) is 16.4. The summed E-state index contributed by atoms with van der Waals surface area (Å²) in [5.41, 5.74) is 0.469. The molecule has 2 saturated heterocycles. The van der Waals surface area contributed by atoms with Gasteiger partial charge in [-0.3, -0.25) is 9.80 Å². The third-order valence-corrected chi connectivity index (χ3v) is 7.62. The molecule has 0 spiro atoms. The normalized spacial score (nSPS) is 36.5. The Kier molecular flexibility index (Phi) is 5.30. The van der Waals surface area contributed by atoms with Gasteiger partial charge in [-0.05, 0) is 76.8 Å². The molecule has 2 nitrogen and oxygen atoms in total. The molecular weight excluding hydrogens is 280 g/mol. The van der Waals surface area contributed by atoms with Crippen molar-refractivity contribution in [3.8, 4) is 0 Å². The van der Waals surface area contributed by atoms with Crippen LogP contribution in [0.1, 0.15) is 96.3 Å². The molecule has 2 heteroatoms. The van der Waals surface area contributed by atoms with Crippen LogP contribution in [0, 0.1) is 5.92 Å². The van der Waals surface area contributed by atoms with Crippen molar-refractivity contribution in [2.24, 2.45) is 5.92 Å². The van der Waals surface area contributed by atoms with Crippen LogP contribution in [0.5, 0.6) is 0 Å². The minimum atomic E-state index is 0.469. The number of likely N-dealkylation sites (tertiary alicyclic amines) is 2. The highest BCUT2D eigenvalue weighted by Gasteiger charge is 2.51. The van der Waals surface area contributed by atoms with Gasteiger partial charge in [0.25, 0.3) is 0 Å². The maximum absolute atomic E-state index is 3.11. The number of nitrogens with zero attached hydrogens (tertiary/aromatic N) is 2. The molecule has 2 saturated carbocycles. The van der Waals surface area contributed by atoms with E-state index in [0.717, 1.165) is 12.0 Å². The highest BCUT2D eigenvalue weighted by atomic mass is 15.4. The molecular formula is C21H38N2. The Labute approximate surface area is 144 Å². The lowest BCUT2D eigenvalue weighted by molar-refractivity contribution is -0.147. The Morgan fingerprint density at radius 2 is 1.17 bits per heavy atom. The first-order chi connectivity index (χ1) is 11.4. The fourth-order valence-corrected chi connectivity index (χ4v) is 6.60. The van der Waals surface area contributed by atoms with Gasteiger partial charge in [0.15, 0.2) is 0 Å². The van der Waals surface area contributed by atoms with Crippen molar-refractivity contribution in [1.29, 1.82) is 0 Å². The Hall–Kier alpha value is -0.0800. The lowest BCUT2D eigenvalue weighted by Crippen LogP contribution is -2.68. The third-order valence-electron chi connectivity index (χ3n) is 7.62. The molecule has 1 unspecified atom stereocenters. The highest BCUT2D eigenvalue weighted by molar-refractivity contribution is 5.03. The number of rotatable bonds is 3. The predicted molar refractivity (Wildman–Crippen MR) is 97.5 cm³/mol. The molecule has 1 atom stereocenters. The van der Waals surface area contributed by atoms with Crippen molar-refractivity contribution in [1.82, 2.24) is 9.80 Å². The SMILES string of the molecule is C1CCC(N2CCCCC2(C2CCCCC2)N2CCCC2)CC1. The van der Waals surface area contributed by atoms with Gasteiger partial charge in [0.1, 0.15) is 0 Å². The van der Waals surface area contributed by atoms with E-state index in [0.29, 0.717) is 5.66 Å². The molecule has 0 amide bonds. The molecule has 0 aromatic rings. The molecule has 2 aliphatic heterocycles. The monoisotopic (exact) mass is 318 g/mol. The third kappa shape index (κ3) is 3.11. The van der Waals surface area contributed by atoms with Gasteiger partial charge in [-0.1, -0.05) is 38.5 Å². The van der Waals surface area contributed by atoms with Crippen LogP contribution in [-0.2, 0) is 0 Å². The van der Waals surface area contributed by atoms with Crippen LogP contribution in [-0.4, -0.2) is 41.1 Å². The summed E-state index contributed by atoms with van der Waals surface area (Å²) in [6, 6.07) is 0.909. The van der Waals surface area contributed by atoms with E-state index < -0.39 is 0 Å². The Morgan fingerprint density at radius 1 is 0.565 bits per heavy atom. The van der Waals surface area contributed by atoms with Crippen molar-refractivity contribution < 1.29 is 0 Å². The lowest BCUT2D eigenvalue weighted by atomic mass is 9.72. The summed E-state index contributed by atoms with van der Waals surface area (Å²) in [5.74, 6) is 0.969. The van der Waals surface area contributed by atoms with Gasteiger partial charge < -0.3 is 0 Å².